The minimum atomic E-state index is -1.00. The van der Waals surface area contributed by atoms with Crippen LogP contribution in [0.5, 0.6) is 0 Å². The molecular weight excluding hydrogens is 470 g/mol. The number of carbonyl (C=O) groups is 1. The maximum atomic E-state index is 13.8. The number of halogens is 2. The van der Waals surface area contributed by atoms with Crippen molar-refractivity contribution in [1.29, 1.82) is 0 Å². The summed E-state index contributed by atoms with van der Waals surface area (Å²) in [5.74, 6) is -1.40. The molecule has 3 rings (SSSR count). The van der Waals surface area contributed by atoms with Gasteiger partial charge in [0.1, 0.15) is 17.2 Å². The normalized spacial score (nSPS) is 17.6. The molecule has 1 aromatic heterocycles. The van der Waals surface area contributed by atoms with Gasteiger partial charge in [0.05, 0.1) is 12.1 Å². The molecule has 1 aromatic carbocycles. The van der Waals surface area contributed by atoms with Gasteiger partial charge in [-0.2, -0.15) is 0 Å². The van der Waals surface area contributed by atoms with Gasteiger partial charge in [-0.15, -0.1) is 11.3 Å². The third kappa shape index (κ3) is 7.98. The fourth-order valence-electron chi connectivity index (χ4n) is 4.71. The molecular formula is C27H38F2N2O3S. The molecule has 1 saturated carbocycles. The zero-order chi connectivity index (χ0) is 25.6. The molecule has 0 bridgehead atoms. The highest BCUT2D eigenvalue weighted by Crippen LogP contribution is 2.39. The predicted molar refractivity (Wildman–Crippen MR) is 136 cm³/mol. The predicted octanol–water partition coefficient (Wildman–Crippen LogP) is 5.83. The Kier molecular flexibility index (Phi) is 9.29. The zero-order valence-corrected chi connectivity index (χ0v) is 21.9. The summed E-state index contributed by atoms with van der Waals surface area (Å²) in [7, 11) is 0. The largest absolute Gasteiger partial charge is 0.444 e. The molecule has 0 spiro atoms. The van der Waals surface area contributed by atoms with Crippen LogP contribution in [0, 0.1) is 11.6 Å². The summed E-state index contributed by atoms with van der Waals surface area (Å²) >= 11 is 1.75. The summed E-state index contributed by atoms with van der Waals surface area (Å²) in [6.45, 7) is 7.61. The zero-order valence-electron chi connectivity index (χ0n) is 21.1. The van der Waals surface area contributed by atoms with Gasteiger partial charge in [-0.1, -0.05) is 26.2 Å². The lowest BCUT2D eigenvalue weighted by molar-refractivity contribution is 0.0408. The smallest absolute Gasteiger partial charge is 0.407 e. The maximum absolute atomic E-state index is 13.8. The number of hydrogen-bond acceptors (Lipinski definition) is 5. The van der Waals surface area contributed by atoms with E-state index in [0.29, 0.717) is 5.56 Å². The second kappa shape index (κ2) is 11.8. The SMILES string of the molecule is CCc1cc(C2(NCC(O)C(Cc3cc(F)cc(F)c3)NC(=O)OC(C)(C)C)CCCCC2)cs1. The number of hydrogen-bond donors (Lipinski definition) is 3. The first-order valence-corrected chi connectivity index (χ1v) is 13.3. The van der Waals surface area contributed by atoms with Crippen LogP contribution in [0.4, 0.5) is 13.6 Å². The van der Waals surface area contributed by atoms with Crippen LogP contribution in [0.15, 0.2) is 29.6 Å². The first-order valence-electron chi connectivity index (χ1n) is 12.4. The van der Waals surface area contributed by atoms with Gasteiger partial charge in [-0.25, -0.2) is 13.6 Å². The number of aliphatic hydroxyl groups excluding tert-OH is 1. The van der Waals surface area contributed by atoms with Crippen molar-refractivity contribution in [3.63, 3.8) is 0 Å². The molecule has 1 fully saturated rings. The molecule has 0 aliphatic heterocycles. The van der Waals surface area contributed by atoms with Crippen LogP contribution < -0.4 is 10.6 Å². The van der Waals surface area contributed by atoms with Gasteiger partial charge in [0.2, 0.25) is 0 Å². The molecule has 2 atom stereocenters. The Morgan fingerprint density at radius 1 is 1.14 bits per heavy atom. The van der Waals surface area contributed by atoms with E-state index in [9.17, 15) is 18.7 Å². The molecule has 2 unspecified atom stereocenters. The van der Waals surface area contributed by atoms with Crippen molar-refractivity contribution < 1.29 is 23.4 Å². The number of benzene rings is 1. The summed E-state index contributed by atoms with van der Waals surface area (Å²) in [6.07, 6.45) is 4.68. The first-order chi connectivity index (χ1) is 16.5. The first kappa shape index (κ1) is 27.6. The average molecular weight is 509 g/mol. The fourth-order valence-corrected chi connectivity index (χ4v) is 5.64. The summed E-state index contributed by atoms with van der Waals surface area (Å²) in [5.41, 5.74) is 0.644. The van der Waals surface area contributed by atoms with E-state index in [2.05, 4.69) is 29.0 Å². The van der Waals surface area contributed by atoms with Crippen LogP contribution in [0.25, 0.3) is 0 Å². The Morgan fingerprint density at radius 3 is 2.37 bits per heavy atom. The number of ether oxygens (including phenoxy) is 1. The molecule has 3 N–H and O–H groups in total. The van der Waals surface area contributed by atoms with Crippen molar-refractivity contribution in [1.82, 2.24) is 10.6 Å². The van der Waals surface area contributed by atoms with E-state index in [-0.39, 0.29) is 18.5 Å². The van der Waals surface area contributed by atoms with Crippen molar-refractivity contribution in [2.75, 3.05) is 6.54 Å². The van der Waals surface area contributed by atoms with Gasteiger partial charge in [0.25, 0.3) is 0 Å². The number of aryl methyl sites for hydroxylation is 1. The summed E-state index contributed by atoms with van der Waals surface area (Å²) < 4.78 is 33.0. The van der Waals surface area contributed by atoms with Gasteiger partial charge in [-0.3, -0.25) is 0 Å². The van der Waals surface area contributed by atoms with Crippen molar-refractivity contribution in [2.24, 2.45) is 0 Å². The molecule has 8 heteroatoms. The Morgan fingerprint density at radius 2 is 1.80 bits per heavy atom. The van der Waals surface area contributed by atoms with Crippen LogP contribution in [0.1, 0.15) is 75.8 Å². The maximum Gasteiger partial charge on any atom is 0.407 e. The van der Waals surface area contributed by atoms with E-state index >= 15 is 0 Å². The molecule has 1 amide bonds. The minimum absolute atomic E-state index is 0.0577. The summed E-state index contributed by atoms with van der Waals surface area (Å²) in [4.78, 5) is 13.8. The third-order valence-corrected chi connectivity index (χ3v) is 7.54. The lowest BCUT2D eigenvalue weighted by Crippen LogP contribution is -2.53. The van der Waals surface area contributed by atoms with Crippen LogP contribution >= 0.6 is 11.3 Å². The number of alkyl carbamates (subject to hydrolysis) is 1. The van der Waals surface area contributed by atoms with E-state index < -0.39 is 35.5 Å². The van der Waals surface area contributed by atoms with Crippen molar-refractivity contribution in [3.05, 3.63) is 57.3 Å². The molecule has 1 aliphatic carbocycles. The van der Waals surface area contributed by atoms with E-state index in [1.165, 1.54) is 29.0 Å². The average Bonchev–Trinajstić information content (AvgIpc) is 3.26. The van der Waals surface area contributed by atoms with Crippen molar-refractivity contribution in [3.8, 4) is 0 Å². The molecule has 35 heavy (non-hydrogen) atoms. The number of amides is 1. The molecule has 0 saturated heterocycles. The van der Waals surface area contributed by atoms with E-state index in [1.807, 2.05) is 0 Å². The van der Waals surface area contributed by atoms with Gasteiger partial charge in [0, 0.05) is 23.0 Å². The molecule has 2 aromatic rings. The summed E-state index contributed by atoms with van der Waals surface area (Å²) in [5, 5.41) is 19.7. The Bertz CT molecular complexity index is 963. The van der Waals surface area contributed by atoms with Gasteiger partial charge < -0.3 is 20.5 Å². The van der Waals surface area contributed by atoms with Crippen LogP contribution in [0.3, 0.4) is 0 Å². The van der Waals surface area contributed by atoms with Gasteiger partial charge >= 0.3 is 6.09 Å². The lowest BCUT2D eigenvalue weighted by Gasteiger charge is -2.39. The Balaban J connectivity index is 1.78. The number of nitrogens with one attached hydrogen (secondary N) is 2. The third-order valence-electron chi connectivity index (χ3n) is 6.46. The monoisotopic (exact) mass is 508 g/mol. The highest BCUT2D eigenvalue weighted by Gasteiger charge is 2.36. The number of carbonyl (C=O) groups excluding carboxylic acids is 1. The van der Waals surface area contributed by atoms with Crippen LogP contribution in [-0.4, -0.2) is 35.5 Å². The second-order valence-electron chi connectivity index (χ2n) is 10.5. The van der Waals surface area contributed by atoms with Gasteiger partial charge in [0.15, 0.2) is 0 Å². The minimum Gasteiger partial charge on any atom is -0.444 e. The molecule has 5 nitrogen and oxygen atoms in total. The Labute approximate surface area is 211 Å². The highest BCUT2D eigenvalue weighted by molar-refractivity contribution is 7.10. The number of thiophene rings is 1. The quantitative estimate of drug-likeness (QED) is 0.398. The Hall–Kier alpha value is -2.03. The topological polar surface area (TPSA) is 70.6 Å². The second-order valence-corrected chi connectivity index (χ2v) is 11.5. The molecule has 1 aliphatic rings. The molecule has 1 heterocycles. The van der Waals surface area contributed by atoms with E-state index in [0.717, 1.165) is 38.2 Å². The standard InChI is InChI=1S/C27H38F2N2O3S/c1-5-22-14-19(17-35-22)27(9-7-6-8-10-27)30-16-24(32)23(31-25(33)34-26(2,3)4)13-18-11-20(28)15-21(29)12-18/h11-12,14-15,17,23-24,30,32H,5-10,13,16H2,1-4H3,(H,31,33). The highest BCUT2D eigenvalue weighted by atomic mass is 32.1. The van der Waals surface area contributed by atoms with E-state index in [1.54, 1.807) is 32.1 Å². The van der Waals surface area contributed by atoms with Crippen LogP contribution in [-0.2, 0) is 23.1 Å². The van der Waals surface area contributed by atoms with Crippen molar-refractivity contribution >= 4 is 17.4 Å². The number of aliphatic hydroxyl groups is 1. The molecule has 194 valence electrons. The fraction of sp³-hybridized carbons (Fsp3) is 0.593. The summed E-state index contributed by atoms with van der Waals surface area (Å²) in [6, 6.07) is 4.69. The van der Waals surface area contributed by atoms with E-state index in [4.69, 9.17) is 4.74 Å². The van der Waals surface area contributed by atoms with Crippen LogP contribution in [0.2, 0.25) is 0 Å². The van der Waals surface area contributed by atoms with Gasteiger partial charge in [-0.05, 0) is 81.2 Å². The van der Waals surface area contributed by atoms with Crippen molar-refractivity contribution in [2.45, 2.75) is 95.9 Å². The lowest BCUT2D eigenvalue weighted by atomic mass is 9.77. The molecule has 0 radical (unpaired) electrons. The number of rotatable bonds is 9.